The van der Waals surface area contributed by atoms with Gasteiger partial charge in [0.2, 0.25) is 0 Å². The Hall–Kier alpha value is -3.13. The Bertz CT molecular complexity index is 1140. The van der Waals surface area contributed by atoms with Crippen molar-refractivity contribution >= 4 is 17.3 Å². The topological polar surface area (TPSA) is 72.4 Å². The molecule has 26 heavy (non-hydrogen) atoms. The van der Waals surface area contributed by atoms with Crippen LogP contribution in [0.5, 0.6) is 5.75 Å². The largest absolute Gasteiger partial charge is 0.508 e. The minimum Gasteiger partial charge on any atom is -0.508 e. The second-order valence-corrected chi connectivity index (χ2v) is 6.51. The van der Waals surface area contributed by atoms with Crippen LogP contribution in [0.4, 0.5) is 4.39 Å². The lowest BCUT2D eigenvalue weighted by atomic mass is 10.2. The van der Waals surface area contributed by atoms with Gasteiger partial charge in [0.1, 0.15) is 11.6 Å². The number of aromatic hydroxyl groups is 1. The summed E-state index contributed by atoms with van der Waals surface area (Å²) in [5.74, 6) is 0.235. The molecule has 8 heteroatoms. The lowest BCUT2D eigenvalue weighted by Crippen LogP contribution is -2.24. The highest BCUT2D eigenvalue weighted by molar-refractivity contribution is 7.98. The van der Waals surface area contributed by atoms with Gasteiger partial charge in [-0.3, -0.25) is 9.36 Å². The Morgan fingerprint density at radius 1 is 1.12 bits per heavy atom. The second kappa shape index (κ2) is 6.64. The summed E-state index contributed by atoms with van der Waals surface area (Å²) < 4.78 is 16.1. The summed E-state index contributed by atoms with van der Waals surface area (Å²) in [5, 5.41) is 18.4. The van der Waals surface area contributed by atoms with Gasteiger partial charge in [0.05, 0.1) is 11.9 Å². The van der Waals surface area contributed by atoms with Crippen molar-refractivity contribution in [2.75, 3.05) is 0 Å². The molecule has 2 aromatic heterocycles. The predicted molar refractivity (Wildman–Crippen MR) is 96.2 cm³/mol. The van der Waals surface area contributed by atoms with E-state index in [0.29, 0.717) is 22.1 Å². The number of phenolic OH excluding ortho intramolecular Hbond substituents is 1. The van der Waals surface area contributed by atoms with E-state index >= 15 is 0 Å². The minimum atomic E-state index is -0.311. The molecule has 0 aliphatic heterocycles. The quantitative estimate of drug-likeness (QED) is 0.561. The molecule has 0 aliphatic carbocycles. The zero-order valence-corrected chi connectivity index (χ0v) is 14.2. The lowest BCUT2D eigenvalue weighted by molar-refractivity contribution is 0.475. The summed E-state index contributed by atoms with van der Waals surface area (Å²) in [6.07, 6.45) is 1.51. The molecule has 2 heterocycles. The number of thioether (sulfide) groups is 1. The van der Waals surface area contributed by atoms with Crippen LogP contribution < -0.4 is 5.56 Å². The van der Waals surface area contributed by atoms with Crippen molar-refractivity contribution in [1.29, 1.82) is 0 Å². The molecular formula is C18H13FN4O2S. The summed E-state index contributed by atoms with van der Waals surface area (Å²) in [7, 11) is 0. The molecule has 6 nitrogen and oxygen atoms in total. The van der Waals surface area contributed by atoms with E-state index in [-0.39, 0.29) is 17.1 Å². The molecule has 0 atom stereocenters. The van der Waals surface area contributed by atoms with Gasteiger partial charge in [-0.1, -0.05) is 23.9 Å². The number of fused-ring (bicyclic) bond motifs is 1. The van der Waals surface area contributed by atoms with Crippen LogP contribution in [0.15, 0.2) is 70.7 Å². The Kier molecular flexibility index (Phi) is 4.18. The van der Waals surface area contributed by atoms with Crippen LogP contribution in [0.3, 0.4) is 0 Å². The van der Waals surface area contributed by atoms with E-state index in [9.17, 15) is 14.3 Å². The lowest BCUT2D eigenvalue weighted by Gasteiger charge is -2.12. The zero-order valence-electron chi connectivity index (χ0n) is 13.4. The first-order valence-electron chi connectivity index (χ1n) is 7.75. The van der Waals surface area contributed by atoms with Crippen LogP contribution in [-0.4, -0.2) is 24.5 Å². The molecule has 0 saturated carbocycles. The Labute approximate surface area is 151 Å². The minimum absolute atomic E-state index is 0.106. The Morgan fingerprint density at radius 3 is 2.69 bits per heavy atom. The zero-order chi connectivity index (χ0) is 18.1. The van der Waals surface area contributed by atoms with E-state index in [1.54, 1.807) is 24.3 Å². The van der Waals surface area contributed by atoms with Gasteiger partial charge in [0, 0.05) is 5.75 Å². The molecule has 130 valence electrons. The third-order valence-corrected chi connectivity index (χ3v) is 4.78. The summed E-state index contributed by atoms with van der Waals surface area (Å²) in [6.45, 7) is 0. The number of hydrogen-bond acceptors (Lipinski definition) is 5. The van der Waals surface area contributed by atoms with Gasteiger partial charge in [0.15, 0.2) is 10.7 Å². The Morgan fingerprint density at radius 2 is 1.92 bits per heavy atom. The molecule has 0 spiro atoms. The van der Waals surface area contributed by atoms with Crippen molar-refractivity contribution < 1.29 is 9.50 Å². The van der Waals surface area contributed by atoms with Gasteiger partial charge >= 0.3 is 0 Å². The first-order valence-corrected chi connectivity index (χ1v) is 8.74. The van der Waals surface area contributed by atoms with Gasteiger partial charge < -0.3 is 5.11 Å². The maximum absolute atomic E-state index is 13.4. The van der Waals surface area contributed by atoms with Crippen molar-refractivity contribution in [3.05, 3.63) is 82.5 Å². The fourth-order valence-electron chi connectivity index (χ4n) is 2.56. The summed E-state index contributed by atoms with van der Waals surface area (Å²) in [4.78, 5) is 12.9. The standard InChI is InChI=1S/C18H13FN4O2S/c19-13-3-1-2-12(10-13)11-26-18-21-23-16(8-9-20-23)17(25)22(18)14-4-6-15(24)7-5-14/h1-10,24H,11H2. The molecule has 0 amide bonds. The van der Waals surface area contributed by atoms with E-state index in [4.69, 9.17) is 0 Å². The van der Waals surface area contributed by atoms with E-state index in [1.165, 1.54) is 51.4 Å². The number of halogens is 1. The second-order valence-electron chi connectivity index (χ2n) is 5.56. The van der Waals surface area contributed by atoms with Crippen molar-refractivity contribution in [2.24, 2.45) is 0 Å². The molecule has 0 saturated heterocycles. The molecule has 4 aromatic rings. The van der Waals surface area contributed by atoms with E-state index in [2.05, 4.69) is 10.2 Å². The number of rotatable bonds is 4. The average Bonchev–Trinajstić information content (AvgIpc) is 3.10. The SMILES string of the molecule is O=c1c2ccnn2nc(SCc2cccc(F)c2)n1-c1ccc(O)cc1. The third kappa shape index (κ3) is 3.06. The van der Waals surface area contributed by atoms with Crippen molar-refractivity contribution in [3.63, 3.8) is 0 Å². The Balaban J connectivity index is 1.80. The fourth-order valence-corrected chi connectivity index (χ4v) is 3.48. The molecule has 0 aliphatic rings. The molecule has 0 unspecified atom stereocenters. The van der Waals surface area contributed by atoms with Crippen molar-refractivity contribution in [2.45, 2.75) is 10.9 Å². The number of aromatic nitrogens is 4. The van der Waals surface area contributed by atoms with Crippen LogP contribution in [0.1, 0.15) is 5.56 Å². The number of hydrogen-bond donors (Lipinski definition) is 1. The average molecular weight is 368 g/mol. The van der Waals surface area contributed by atoms with E-state index < -0.39 is 0 Å². The normalized spacial score (nSPS) is 11.1. The molecule has 0 fully saturated rings. The van der Waals surface area contributed by atoms with Gasteiger partial charge in [-0.25, -0.2) is 4.39 Å². The van der Waals surface area contributed by atoms with Crippen LogP contribution in [0.25, 0.3) is 11.2 Å². The highest BCUT2D eigenvalue weighted by Crippen LogP contribution is 2.24. The number of benzene rings is 2. The molecule has 4 rings (SSSR count). The fraction of sp³-hybridized carbons (Fsp3) is 0.0556. The molecule has 2 aromatic carbocycles. The van der Waals surface area contributed by atoms with Crippen LogP contribution >= 0.6 is 11.8 Å². The number of nitrogens with zero attached hydrogens (tertiary/aromatic N) is 4. The van der Waals surface area contributed by atoms with Gasteiger partial charge in [-0.2, -0.15) is 5.10 Å². The monoisotopic (exact) mass is 368 g/mol. The summed E-state index contributed by atoms with van der Waals surface area (Å²) >= 11 is 1.30. The first kappa shape index (κ1) is 16.3. The van der Waals surface area contributed by atoms with Crippen LogP contribution in [0, 0.1) is 5.82 Å². The van der Waals surface area contributed by atoms with Gasteiger partial charge in [0.25, 0.3) is 5.56 Å². The smallest absolute Gasteiger partial charge is 0.285 e. The van der Waals surface area contributed by atoms with E-state index in [0.717, 1.165) is 5.56 Å². The van der Waals surface area contributed by atoms with Crippen molar-refractivity contribution in [3.8, 4) is 11.4 Å². The maximum Gasteiger partial charge on any atom is 0.285 e. The summed E-state index contributed by atoms with van der Waals surface area (Å²) in [5.41, 5.74) is 1.42. The first-order chi connectivity index (χ1) is 12.6. The maximum atomic E-state index is 13.4. The molecule has 0 radical (unpaired) electrons. The predicted octanol–water partition coefficient (Wildman–Crippen LogP) is 3.02. The molecule has 0 bridgehead atoms. The summed E-state index contributed by atoms with van der Waals surface area (Å²) in [6, 6.07) is 14.2. The van der Waals surface area contributed by atoms with Crippen molar-refractivity contribution in [1.82, 2.24) is 19.4 Å². The van der Waals surface area contributed by atoms with Crippen LogP contribution in [0.2, 0.25) is 0 Å². The highest BCUT2D eigenvalue weighted by atomic mass is 32.2. The number of phenols is 1. The molecular weight excluding hydrogens is 355 g/mol. The van der Waals surface area contributed by atoms with E-state index in [1.807, 2.05) is 6.07 Å². The van der Waals surface area contributed by atoms with Gasteiger partial charge in [-0.05, 0) is 48.0 Å². The third-order valence-electron chi connectivity index (χ3n) is 3.78. The van der Waals surface area contributed by atoms with Crippen LogP contribution in [-0.2, 0) is 5.75 Å². The molecule has 1 N–H and O–H groups in total. The highest BCUT2D eigenvalue weighted by Gasteiger charge is 2.14. The van der Waals surface area contributed by atoms with Gasteiger partial charge in [-0.15, -0.1) is 9.73 Å².